The van der Waals surface area contributed by atoms with Gasteiger partial charge in [0.15, 0.2) is 5.58 Å². The highest BCUT2D eigenvalue weighted by Crippen LogP contribution is 2.32. The Morgan fingerprint density at radius 3 is 2.86 bits per heavy atom. The van der Waals surface area contributed by atoms with Crippen LogP contribution in [-0.2, 0) is 11.8 Å². The lowest BCUT2D eigenvalue weighted by Gasteiger charge is -2.21. The molecule has 1 aromatic carbocycles. The number of fused-ring (bicyclic) bond motifs is 1. The molecule has 1 aliphatic carbocycles. The summed E-state index contributed by atoms with van der Waals surface area (Å²) in [6.45, 7) is 0. The average Bonchev–Trinajstić information content (AvgIpc) is 2.96. The number of oxazole rings is 1. The fraction of sp³-hybridized carbons (Fsp3) is 0.467. The van der Waals surface area contributed by atoms with E-state index in [1.165, 1.54) is 4.57 Å². The molecule has 1 saturated carbocycles. The molecule has 0 bridgehead atoms. The number of anilines is 1. The molecule has 0 aliphatic heterocycles. The molecule has 112 valence electrons. The quantitative estimate of drug-likeness (QED) is 0.902. The Morgan fingerprint density at radius 2 is 2.14 bits per heavy atom. The topological polar surface area (TPSA) is 84.5 Å². The number of carbonyl (C=O) groups excluding carboxylic acids is 1. The lowest BCUT2D eigenvalue weighted by molar-refractivity contribution is -0.120. The van der Waals surface area contributed by atoms with Gasteiger partial charge in [-0.3, -0.25) is 9.36 Å². The number of benzene rings is 1. The Bertz CT molecular complexity index is 738. The third-order valence-electron chi connectivity index (χ3n) is 4.10. The molecule has 0 unspecified atom stereocenters. The molecule has 3 rings (SSSR count). The van der Waals surface area contributed by atoms with Crippen LogP contribution in [0.2, 0.25) is 0 Å². The van der Waals surface area contributed by atoms with Crippen molar-refractivity contribution >= 4 is 22.7 Å². The van der Waals surface area contributed by atoms with E-state index in [4.69, 9.17) is 4.42 Å². The number of aliphatic hydroxyl groups is 1. The van der Waals surface area contributed by atoms with Gasteiger partial charge in [0.05, 0.1) is 17.5 Å². The third-order valence-corrected chi connectivity index (χ3v) is 4.10. The van der Waals surface area contributed by atoms with Crippen LogP contribution in [0.25, 0.3) is 11.1 Å². The number of nitrogens with one attached hydrogen (secondary N) is 1. The molecule has 6 heteroatoms. The number of carbonyl (C=O) groups is 1. The van der Waals surface area contributed by atoms with Gasteiger partial charge >= 0.3 is 5.76 Å². The molecule has 2 N–H and O–H groups in total. The SMILES string of the molecule is Cn1c(=O)oc2ccc(NC(=O)CC3(O)CCCC3)cc21. The first-order valence-electron chi connectivity index (χ1n) is 7.09. The third kappa shape index (κ3) is 2.71. The van der Waals surface area contributed by atoms with Crippen molar-refractivity contribution in [1.82, 2.24) is 4.57 Å². The standard InChI is InChI=1S/C15H18N2O4/c1-17-11-8-10(4-5-12(11)21-14(17)19)16-13(18)9-15(20)6-2-3-7-15/h4-5,8,20H,2-3,6-7,9H2,1H3,(H,16,18). The summed E-state index contributed by atoms with van der Waals surface area (Å²) in [4.78, 5) is 23.5. The highest BCUT2D eigenvalue weighted by atomic mass is 16.4. The van der Waals surface area contributed by atoms with E-state index in [1.807, 2.05) is 0 Å². The van der Waals surface area contributed by atoms with Crippen molar-refractivity contribution in [2.24, 2.45) is 7.05 Å². The molecule has 2 aromatic rings. The van der Waals surface area contributed by atoms with Gasteiger partial charge in [-0.15, -0.1) is 0 Å². The average molecular weight is 290 g/mol. The van der Waals surface area contributed by atoms with Crippen molar-refractivity contribution in [3.05, 3.63) is 28.7 Å². The molecule has 1 heterocycles. The minimum absolute atomic E-state index is 0.107. The molecule has 6 nitrogen and oxygen atoms in total. The van der Waals surface area contributed by atoms with Crippen molar-refractivity contribution < 1.29 is 14.3 Å². The monoisotopic (exact) mass is 290 g/mol. The zero-order chi connectivity index (χ0) is 15.0. The van der Waals surface area contributed by atoms with Gasteiger partial charge in [0, 0.05) is 12.7 Å². The van der Waals surface area contributed by atoms with E-state index < -0.39 is 11.4 Å². The van der Waals surface area contributed by atoms with E-state index >= 15 is 0 Å². The van der Waals surface area contributed by atoms with Crippen LogP contribution in [0.1, 0.15) is 32.1 Å². The van der Waals surface area contributed by atoms with E-state index in [0.717, 1.165) is 12.8 Å². The summed E-state index contributed by atoms with van der Waals surface area (Å²) in [6, 6.07) is 5.02. The summed E-state index contributed by atoms with van der Waals surface area (Å²) >= 11 is 0. The fourth-order valence-electron chi connectivity index (χ4n) is 2.92. The first-order valence-corrected chi connectivity index (χ1v) is 7.09. The lowest BCUT2D eigenvalue weighted by Crippen LogP contribution is -2.30. The number of hydrogen-bond donors (Lipinski definition) is 2. The first-order chi connectivity index (χ1) is 9.97. The summed E-state index contributed by atoms with van der Waals surface area (Å²) in [7, 11) is 1.61. The second-order valence-corrected chi connectivity index (χ2v) is 5.77. The summed E-state index contributed by atoms with van der Waals surface area (Å²) < 4.78 is 6.42. The molecule has 1 fully saturated rings. The zero-order valence-corrected chi connectivity index (χ0v) is 11.9. The maximum atomic E-state index is 12.0. The highest BCUT2D eigenvalue weighted by molar-refractivity contribution is 5.93. The van der Waals surface area contributed by atoms with Crippen molar-refractivity contribution in [2.45, 2.75) is 37.7 Å². The van der Waals surface area contributed by atoms with Crippen LogP contribution in [0.3, 0.4) is 0 Å². The van der Waals surface area contributed by atoms with Gasteiger partial charge in [0.2, 0.25) is 5.91 Å². The van der Waals surface area contributed by atoms with Gasteiger partial charge in [0.25, 0.3) is 0 Å². The van der Waals surface area contributed by atoms with E-state index in [9.17, 15) is 14.7 Å². The van der Waals surface area contributed by atoms with Gasteiger partial charge in [-0.25, -0.2) is 4.79 Å². The first kappa shape index (κ1) is 13.9. The molecule has 0 saturated heterocycles. The predicted molar refractivity (Wildman–Crippen MR) is 78.1 cm³/mol. The van der Waals surface area contributed by atoms with Crippen LogP contribution in [0, 0.1) is 0 Å². The number of aryl methyl sites for hydroxylation is 1. The summed E-state index contributed by atoms with van der Waals surface area (Å²) in [5, 5.41) is 13.0. The fourth-order valence-corrected chi connectivity index (χ4v) is 2.92. The van der Waals surface area contributed by atoms with Gasteiger partial charge in [-0.1, -0.05) is 12.8 Å². The smallest absolute Gasteiger partial charge is 0.408 e. The van der Waals surface area contributed by atoms with Crippen LogP contribution >= 0.6 is 0 Å². The Labute approximate surface area is 121 Å². The minimum atomic E-state index is -0.864. The minimum Gasteiger partial charge on any atom is -0.408 e. The van der Waals surface area contributed by atoms with Crippen LogP contribution in [0.5, 0.6) is 0 Å². The molecular formula is C15H18N2O4. The van der Waals surface area contributed by atoms with Crippen LogP contribution in [-0.4, -0.2) is 21.2 Å². The van der Waals surface area contributed by atoms with E-state index in [1.54, 1.807) is 25.2 Å². The molecule has 1 aromatic heterocycles. The van der Waals surface area contributed by atoms with Crippen molar-refractivity contribution in [3.63, 3.8) is 0 Å². The summed E-state index contributed by atoms with van der Waals surface area (Å²) in [5.41, 5.74) is 0.828. The second-order valence-electron chi connectivity index (χ2n) is 5.77. The molecule has 0 radical (unpaired) electrons. The van der Waals surface area contributed by atoms with Crippen molar-refractivity contribution in [3.8, 4) is 0 Å². The van der Waals surface area contributed by atoms with Crippen molar-refractivity contribution in [1.29, 1.82) is 0 Å². The van der Waals surface area contributed by atoms with Crippen LogP contribution in [0.4, 0.5) is 5.69 Å². The summed E-state index contributed by atoms with van der Waals surface area (Å²) in [6.07, 6.45) is 3.39. The Balaban J connectivity index is 1.76. The normalized spacial score (nSPS) is 17.2. The maximum Gasteiger partial charge on any atom is 0.419 e. The molecular weight excluding hydrogens is 272 g/mol. The molecule has 1 amide bonds. The maximum absolute atomic E-state index is 12.0. The van der Waals surface area contributed by atoms with Gasteiger partial charge in [-0.05, 0) is 31.0 Å². The van der Waals surface area contributed by atoms with Gasteiger partial charge in [-0.2, -0.15) is 0 Å². The number of aromatic nitrogens is 1. The van der Waals surface area contributed by atoms with E-state index in [2.05, 4.69) is 5.32 Å². The van der Waals surface area contributed by atoms with Crippen LogP contribution < -0.4 is 11.1 Å². The number of hydrogen-bond acceptors (Lipinski definition) is 4. The zero-order valence-electron chi connectivity index (χ0n) is 11.9. The van der Waals surface area contributed by atoms with E-state index in [-0.39, 0.29) is 12.3 Å². The lowest BCUT2D eigenvalue weighted by atomic mass is 9.97. The molecule has 0 spiro atoms. The van der Waals surface area contributed by atoms with Crippen LogP contribution in [0.15, 0.2) is 27.4 Å². The highest BCUT2D eigenvalue weighted by Gasteiger charge is 2.33. The number of amides is 1. The summed E-state index contributed by atoms with van der Waals surface area (Å²) in [5.74, 6) is -0.652. The molecule has 1 aliphatic rings. The predicted octanol–water partition coefficient (Wildman–Crippen LogP) is 1.77. The Kier molecular flexibility index (Phi) is 3.33. The molecule has 21 heavy (non-hydrogen) atoms. The number of nitrogens with zero attached hydrogens (tertiary/aromatic N) is 1. The Morgan fingerprint density at radius 1 is 1.43 bits per heavy atom. The van der Waals surface area contributed by atoms with Gasteiger partial charge < -0.3 is 14.8 Å². The largest absolute Gasteiger partial charge is 0.419 e. The van der Waals surface area contributed by atoms with E-state index in [0.29, 0.717) is 29.6 Å². The van der Waals surface area contributed by atoms with Crippen molar-refractivity contribution in [2.75, 3.05) is 5.32 Å². The Hall–Kier alpha value is -2.08. The second kappa shape index (κ2) is 5.04. The number of rotatable bonds is 3. The van der Waals surface area contributed by atoms with Gasteiger partial charge in [0.1, 0.15) is 0 Å². The molecule has 0 atom stereocenters.